The molecule has 0 amide bonds. The van der Waals surface area contributed by atoms with Crippen LogP contribution in [0.3, 0.4) is 0 Å². The zero-order chi connectivity index (χ0) is 8.81. The average Bonchev–Trinajstić information content (AvgIpc) is 1.93. The molecular weight excluding hydrogens is 150 g/mol. The standard InChI is InChI=1S/C10H19NO/c1-9(12)7-10-5-3-2-4-6-11-8-10/h10-11H,2-8H2,1H3. The first-order valence-corrected chi connectivity index (χ1v) is 4.99. The van der Waals surface area contributed by atoms with Crippen molar-refractivity contribution in [3.63, 3.8) is 0 Å². The predicted molar refractivity (Wildman–Crippen MR) is 50.1 cm³/mol. The van der Waals surface area contributed by atoms with E-state index in [-0.39, 0.29) is 0 Å². The van der Waals surface area contributed by atoms with E-state index in [1.54, 1.807) is 6.92 Å². The monoisotopic (exact) mass is 169 g/mol. The summed E-state index contributed by atoms with van der Waals surface area (Å²) in [6.45, 7) is 3.87. The topological polar surface area (TPSA) is 29.1 Å². The Kier molecular flexibility index (Phi) is 4.30. The average molecular weight is 169 g/mol. The Labute approximate surface area is 74.7 Å². The normalized spacial score (nSPS) is 25.9. The number of carbonyl (C=O) groups is 1. The second kappa shape index (κ2) is 5.31. The zero-order valence-electron chi connectivity index (χ0n) is 7.94. The first kappa shape index (κ1) is 9.72. The molecule has 2 heteroatoms. The van der Waals surface area contributed by atoms with Crippen LogP contribution in [0.2, 0.25) is 0 Å². The molecule has 1 N–H and O–H groups in total. The van der Waals surface area contributed by atoms with E-state index in [4.69, 9.17) is 0 Å². The molecule has 1 saturated heterocycles. The van der Waals surface area contributed by atoms with Crippen LogP contribution in [0.5, 0.6) is 0 Å². The van der Waals surface area contributed by atoms with Crippen molar-refractivity contribution in [1.82, 2.24) is 5.32 Å². The van der Waals surface area contributed by atoms with Gasteiger partial charge in [-0.2, -0.15) is 0 Å². The quantitative estimate of drug-likeness (QED) is 0.682. The smallest absolute Gasteiger partial charge is 0.130 e. The highest BCUT2D eigenvalue weighted by Crippen LogP contribution is 2.15. The van der Waals surface area contributed by atoms with E-state index in [0.717, 1.165) is 19.5 Å². The molecule has 1 aliphatic rings. The second-order valence-electron chi connectivity index (χ2n) is 3.83. The van der Waals surface area contributed by atoms with E-state index in [9.17, 15) is 4.79 Å². The van der Waals surface area contributed by atoms with E-state index in [1.165, 1.54) is 25.7 Å². The number of hydrogen-bond acceptors (Lipinski definition) is 2. The Morgan fingerprint density at radius 3 is 3.00 bits per heavy atom. The van der Waals surface area contributed by atoms with Gasteiger partial charge in [-0.15, -0.1) is 0 Å². The molecule has 0 aromatic rings. The zero-order valence-corrected chi connectivity index (χ0v) is 7.94. The SMILES string of the molecule is CC(=O)CC1CCCCCNC1. The van der Waals surface area contributed by atoms with Gasteiger partial charge in [0, 0.05) is 6.42 Å². The summed E-state index contributed by atoms with van der Waals surface area (Å²) in [5.74, 6) is 0.935. The van der Waals surface area contributed by atoms with Gasteiger partial charge in [0.15, 0.2) is 0 Å². The van der Waals surface area contributed by atoms with Gasteiger partial charge in [0.1, 0.15) is 5.78 Å². The highest BCUT2D eigenvalue weighted by atomic mass is 16.1. The Balaban J connectivity index is 2.24. The highest BCUT2D eigenvalue weighted by Gasteiger charge is 2.12. The largest absolute Gasteiger partial charge is 0.316 e. The maximum absolute atomic E-state index is 10.9. The first-order valence-electron chi connectivity index (χ1n) is 4.99. The fourth-order valence-electron chi connectivity index (χ4n) is 1.85. The Morgan fingerprint density at radius 1 is 1.42 bits per heavy atom. The Bertz CT molecular complexity index is 137. The van der Waals surface area contributed by atoms with Crippen molar-refractivity contribution in [3.05, 3.63) is 0 Å². The van der Waals surface area contributed by atoms with Crippen LogP contribution in [0, 0.1) is 5.92 Å². The lowest BCUT2D eigenvalue weighted by atomic mass is 9.94. The van der Waals surface area contributed by atoms with Crippen LogP contribution in [0.25, 0.3) is 0 Å². The molecule has 0 aromatic carbocycles. The molecule has 1 fully saturated rings. The summed E-state index contributed by atoms with van der Waals surface area (Å²) < 4.78 is 0. The van der Waals surface area contributed by atoms with Gasteiger partial charge >= 0.3 is 0 Å². The molecule has 0 bridgehead atoms. The maximum atomic E-state index is 10.9. The summed E-state index contributed by atoms with van der Waals surface area (Å²) in [4.78, 5) is 10.9. The van der Waals surface area contributed by atoms with Crippen molar-refractivity contribution in [3.8, 4) is 0 Å². The van der Waals surface area contributed by atoms with E-state index >= 15 is 0 Å². The summed E-state index contributed by atoms with van der Waals surface area (Å²) in [5, 5.41) is 3.39. The van der Waals surface area contributed by atoms with Crippen molar-refractivity contribution in [1.29, 1.82) is 0 Å². The first-order chi connectivity index (χ1) is 5.79. The molecule has 0 aromatic heterocycles. The number of hydrogen-bond donors (Lipinski definition) is 1. The summed E-state index contributed by atoms with van der Waals surface area (Å²) >= 11 is 0. The summed E-state index contributed by atoms with van der Waals surface area (Å²) in [5.41, 5.74) is 0. The van der Waals surface area contributed by atoms with Gasteiger partial charge in [-0.3, -0.25) is 0 Å². The van der Waals surface area contributed by atoms with Crippen molar-refractivity contribution in [2.75, 3.05) is 13.1 Å². The predicted octanol–water partition coefficient (Wildman–Crippen LogP) is 1.75. The van der Waals surface area contributed by atoms with Gasteiger partial charge in [0.05, 0.1) is 0 Å². The molecule has 0 aliphatic carbocycles. The van der Waals surface area contributed by atoms with Crippen LogP contribution in [-0.4, -0.2) is 18.9 Å². The third kappa shape index (κ3) is 3.86. The van der Waals surface area contributed by atoms with E-state index in [0.29, 0.717) is 11.7 Å². The lowest BCUT2D eigenvalue weighted by Gasteiger charge is -2.19. The van der Waals surface area contributed by atoms with Crippen LogP contribution in [0.15, 0.2) is 0 Å². The van der Waals surface area contributed by atoms with Crippen molar-refractivity contribution in [2.24, 2.45) is 5.92 Å². The molecule has 1 aliphatic heterocycles. The van der Waals surface area contributed by atoms with Crippen LogP contribution in [-0.2, 0) is 4.79 Å². The molecule has 1 atom stereocenters. The minimum Gasteiger partial charge on any atom is -0.316 e. The lowest BCUT2D eigenvalue weighted by molar-refractivity contribution is -0.117. The van der Waals surface area contributed by atoms with Gasteiger partial charge in [-0.05, 0) is 38.8 Å². The van der Waals surface area contributed by atoms with E-state index in [1.807, 2.05) is 0 Å². The van der Waals surface area contributed by atoms with E-state index in [2.05, 4.69) is 5.32 Å². The molecule has 0 saturated carbocycles. The number of nitrogens with one attached hydrogen (secondary N) is 1. The van der Waals surface area contributed by atoms with Crippen LogP contribution >= 0.6 is 0 Å². The minimum atomic E-state index is 0.336. The van der Waals surface area contributed by atoms with Crippen LogP contribution in [0.4, 0.5) is 0 Å². The molecule has 70 valence electrons. The van der Waals surface area contributed by atoms with Gasteiger partial charge in [0.2, 0.25) is 0 Å². The molecule has 12 heavy (non-hydrogen) atoms. The molecule has 0 spiro atoms. The number of carbonyl (C=O) groups excluding carboxylic acids is 1. The van der Waals surface area contributed by atoms with Gasteiger partial charge in [0.25, 0.3) is 0 Å². The maximum Gasteiger partial charge on any atom is 0.130 e. The third-order valence-corrected chi connectivity index (χ3v) is 2.48. The molecule has 1 unspecified atom stereocenters. The van der Waals surface area contributed by atoms with Gasteiger partial charge < -0.3 is 10.1 Å². The molecule has 2 nitrogen and oxygen atoms in total. The summed E-state index contributed by atoms with van der Waals surface area (Å²) in [6, 6.07) is 0. The highest BCUT2D eigenvalue weighted by molar-refractivity contribution is 5.75. The fraction of sp³-hybridized carbons (Fsp3) is 0.900. The fourth-order valence-corrected chi connectivity index (χ4v) is 1.85. The number of ketones is 1. The Hall–Kier alpha value is -0.370. The van der Waals surface area contributed by atoms with Crippen LogP contribution in [0.1, 0.15) is 39.0 Å². The van der Waals surface area contributed by atoms with Gasteiger partial charge in [-0.25, -0.2) is 0 Å². The van der Waals surface area contributed by atoms with Crippen molar-refractivity contribution < 1.29 is 4.79 Å². The molecule has 1 rings (SSSR count). The Morgan fingerprint density at radius 2 is 2.25 bits per heavy atom. The van der Waals surface area contributed by atoms with Gasteiger partial charge in [-0.1, -0.05) is 12.8 Å². The summed E-state index contributed by atoms with van der Waals surface area (Å²) in [6.07, 6.45) is 5.92. The molecule has 1 heterocycles. The number of rotatable bonds is 2. The van der Waals surface area contributed by atoms with Crippen LogP contribution < -0.4 is 5.32 Å². The summed E-state index contributed by atoms with van der Waals surface area (Å²) in [7, 11) is 0. The minimum absolute atomic E-state index is 0.336. The third-order valence-electron chi connectivity index (χ3n) is 2.48. The second-order valence-corrected chi connectivity index (χ2v) is 3.83. The molecular formula is C10H19NO. The number of Topliss-reactive ketones (excluding diaryl/α,β-unsaturated/α-hetero) is 1. The van der Waals surface area contributed by atoms with Crippen molar-refractivity contribution in [2.45, 2.75) is 39.0 Å². The van der Waals surface area contributed by atoms with E-state index < -0.39 is 0 Å². The molecule has 0 radical (unpaired) electrons. The lowest BCUT2D eigenvalue weighted by Crippen LogP contribution is -2.27. The van der Waals surface area contributed by atoms with Crippen molar-refractivity contribution >= 4 is 5.78 Å².